The van der Waals surface area contributed by atoms with Gasteiger partial charge in [-0.3, -0.25) is 10.1 Å². The van der Waals surface area contributed by atoms with Gasteiger partial charge in [-0.2, -0.15) is 0 Å². The number of carbonyl (C=O) groups excluding carboxylic acids is 1. The smallest absolute Gasteiger partial charge is 0.261 e. The number of methoxy groups -OCH3 is 1. The molecule has 5 heteroatoms. The van der Waals surface area contributed by atoms with Gasteiger partial charge < -0.3 is 4.74 Å². The topological polar surface area (TPSA) is 51.2 Å². The zero-order chi connectivity index (χ0) is 14.0. The minimum absolute atomic E-state index is 0.200. The number of hydrogen-bond donors (Lipinski definition) is 1. The Labute approximate surface area is 116 Å². The number of thiazole rings is 1. The molecule has 2 aromatic rings. The second kappa shape index (κ2) is 5.40. The maximum atomic E-state index is 12.2. The van der Waals surface area contributed by atoms with Gasteiger partial charge in [0.05, 0.1) is 18.4 Å². The van der Waals surface area contributed by atoms with Crippen LogP contribution in [-0.2, 0) is 0 Å². The van der Waals surface area contributed by atoms with Crippen molar-refractivity contribution in [3.63, 3.8) is 0 Å². The fourth-order valence-corrected chi connectivity index (χ4v) is 2.40. The second-order valence-electron chi connectivity index (χ2n) is 4.38. The second-order valence-corrected chi connectivity index (χ2v) is 5.24. The minimum Gasteiger partial charge on any atom is -0.496 e. The number of hydrogen-bond acceptors (Lipinski definition) is 4. The van der Waals surface area contributed by atoms with Crippen molar-refractivity contribution in [2.45, 2.75) is 20.8 Å². The quantitative estimate of drug-likeness (QED) is 0.935. The number of anilines is 1. The molecule has 0 radical (unpaired) electrons. The summed E-state index contributed by atoms with van der Waals surface area (Å²) in [5.74, 6) is 0.378. The van der Waals surface area contributed by atoms with Crippen molar-refractivity contribution in [1.82, 2.24) is 4.98 Å². The van der Waals surface area contributed by atoms with E-state index >= 15 is 0 Å². The molecule has 1 heterocycles. The molecule has 2 rings (SSSR count). The number of aryl methyl sites for hydroxylation is 3. The lowest BCUT2D eigenvalue weighted by molar-refractivity contribution is 0.102. The van der Waals surface area contributed by atoms with Gasteiger partial charge in [0.25, 0.3) is 5.91 Å². The van der Waals surface area contributed by atoms with Crippen molar-refractivity contribution < 1.29 is 9.53 Å². The molecular formula is C14H16N2O2S. The number of aromatic nitrogens is 1. The number of amides is 1. The van der Waals surface area contributed by atoms with Crippen LogP contribution in [0.1, 0.15) is 27.2 Å². The van der Waals surface area contributed by atoms with Crippen LogP contribution >= 0.6 is 11.3 Å². The van der Waals surface area contributed by atoms with E-state index in [0.717, 1.165) is 16.8 Å². The molecule has 1 aromatic carbocycles. The molecule has 1 N–H and O–H groups in total. The van der Waals surface area contributed by atoms with E-state index in [0.29, 0.717) is 16.4 Å². The molecule has 100 valence electrons. The fourth-order valence-electron chi connectivity index (χ4n) is 1.71. The van der Waals surface area contributed by atoms with Gasteiger partial charge >= 0.3 is 0 Å². The first-order chi connectivity index (χ1) is 9.01. The van der Waals surface area contributed by atoms with Gasteiger partial charge in [0.15, 0.2) is 5.13 Å². The van der Waals surface area contributed by atoms with Crippen LogP contribution in [0.5, 0.6) is 5.75 Å². The van der Waals surface area contributed by atoms with Gasteiger partial charge in [-0.15, -0.1) is 11.3 Å². The van der Waals surface area contributed by atoms with E-state index < -0.39 is 0 Å². The fraction of sp³-hybridized carbons (Fsp3) is 0.286. The van der Waals surface area contributed by atoms with Crippen LogP contribution in [0.25, 0.3) is 0 Å². The first-order valence-corrected chi connectivity index (χ1v) is 6.78. The van der Waals surface area contributed by atoms with E-state index in [2.05, 4.69) is 10.3 Å². The lowest BCUT2D eigenvalue weighted by atomic mass is 10.0. The van der Waals surface area contributed by atoms with Gasteiger partial charge in [0, 0.05) is 5.38 Å². The molecule has 0 bridgehead atoms. The number of benzene rings is 1. The van der Waals surface area contributed by atoms with E-state index in [4.69, 9.17) is 4.74 Å². The maximum absolute atomic E-state index is 12.2. The number of rotatable bonds is 3. The Kier molecular flexibility index (Phi) is 3.85. The summed E-state index contributed by atoms with van der Waals surface area (Å²) < 4.78 is 5.27. The molecule has 0 spiro atoms. The van der Waals surface area contributed by atoms with Crippen LogP contribution in [0.2, 0.25) is 0 Å². The highest BCUT2D eigenvalue weighted by Gasteiger charge is 2.15. The molecule has 1 amide bonds. The Balaban J connectivity index is 2.30. The van der Waals surface area contributed by atoms with Gasteiger partial charge in [0.2, 0.25) is 0 Å². The lowest BCUT2D eigenvalue weighted by Crippen LogP contribution is -2.13. The number of nitrogens with one attached hydrogen (secondary N) is 1. The highest BCUT2D eigenvalue weighted by Crippen LogP contribution is 2.24. The summed E-state index contributed by atoms with van der Waals surface area (Å²) in [6, 6.07) is 3.71. The van der Waals surface area contributed by atoms with E-state index in [-0.39, 0.29) is 5.91 Å². The average Bonchev–Trinajstić information content (AvgIpc) is 2.77. The summed E-state index contributed by atoms with van der Waals surface area (Å²) in [4.78, 5) is 16.5. The molecule has 0 aliphatic carbocycles. The van der Waals surface area contributed by atoms with Crippen molar-refractivity contribution in [2.24, 2.45) is 0 Å². The highest BCUT2D eigenvalue weighted by molar-refractivity contribution is 7.13. The Morgan fingerprint density at radius 3 is 2.53 bits per heavy atom. The number of ether oxygens (including phenoxy) is 1. The summed E-state index contributed by atoms with van der Waals surface area (Å²) >= 11 is 1.41. The Hall–Kier alpha value is -1.88. The summed E-state index contributed by atoms with van der Waals surface area (Å²) in [6.07, 6.45) is 0. The van der Waals surface area contributed by atoms with E-state index in [1.807, 2.05) is 38.3 Å². The van der Waals surface area contributed by atoms with Crippen LogP contribution in [0, 0.1) is 20.8 Å². The number of nitrogens with zero attached hydrogens (tertiary/aromatic N) is 1. The van der Waals surface area contributed by atoms with Gasteiger partial charge in [-0.1, -0.05) is 0 Å². The summed E-state index contributed by atoms with van der Waals surface area (Å²) in [5.41, 5.74) is 3.57. The molecule has 1 aromatic heterocycles. The predicted molar refractivity (Wildman–Crippen MR) is 77.3 cm³/mol. The summed E-state index contributed by atoms with van der Waals surface area (Å²) in [6.45, 7) is 5.85. The standard InChI is InChI=1S/C14H16N2O2S/c1-8-5-11(12(18-4)6-9(8)2)13(17)16-14-15-10(3)7-19-14/h5-7H,1-4H3,(H,15,16,17). The van der Waals surface area contributed by atoms with Crippen molar-refractivity contribution in [2.75, 3.05) is 12.4 Å². The molecule has 0 atom stereocenters. The molecule has 0 saturated heterocycles. The largest absolute Gasteiger partial charge is 0.496 e. The third kappa shape index (κ3) is 2.93. The van der Waals surface area contributed by atoms with Crippen LogP contribution < -0.4 is 10.1 Å². The molecule has 19 heavy (non-hydrogen) atoms. The molecular weight excluding hydrogens is 260 g/mol. The predicted octanol–water partition coefficient (Wildman–Crippen LogP) is 3.33. The maximum Gasteiger partial charge on any atom is 0.261 e. The van der Waals surface area contributed by atoms with Crippen molar-refractivity contribution >= 4 is 22.4 Å². The minimum atomic E-state index is -0.200. The van der Waals surface area contributed by atoms with Crippen LogP contribution in [0.3, 0.4) is 0 Å². The van der Waals surface area contributed by atoms with Gasteiger partial charge in [-0.05, 0) is 44.0 Å². The van der Waals surface area contributed by atoms with Crippen LogP contribution in [0.4, 0.5) is 5.13 Å². The monoisotopic (exact) mass is 276 g/mol. The molecule has 0 fully saturated rings. The number of carbonyl (C=O) groups is 1. The van der Waals surface area contributed by atoms with Gasteiger partial charge in [0.1, 0.15) is 5.75 Å². The lowest BCUT2D eigenvalue weighted by Gasteiger charge is -2.11. The first-order valence-electron chi connectivity index (χ1n) is 5.90. The Bertz CT molecular complexity index is 620. The third-order valence-corrected chi connectivity index (χ3v) is 3.78. The van der Waals surface area contributed by atoms with E-state index in [1.54, 1.807) is 7.11 Å². The van der Waals surface area contributed by atoms with Gasteiger partial charge in [-0.25, -0.2) is 4.98 Å². The molecule has 0 aliphatic rings. The van der Waals surface area contributed by atoms with Crippen LogP contribution in [-0.4, -0.2) is 18.0 Å². The van der Waals surface area contributed by atoms with E-state index in [1.165, 1.54) is 11.3 Å². The van der Waals surface area contributed by atoms with Crippen molar-refractivity contribution in [3.05, 3.63) is 39.9 Å². The Morgan fingerprint density at radius 2 is 1.95 bits per heavy atom. The normalized spacial score (nSPS) is 10.3. The molecule has 0 saturated carbocycles. The summed E-state index contributed by atoms with van der Waals surface area (Å²) in [5, 5.41) is 5.28. The highest BCUT2D eigenvalue weighted by atomic mass is 32.1. The molecule has 0 aliphatic heterocycles. The van der Waals surface area contributed by atoms with E-state index in [9.17, 15) is 4.79 Å². The first kappa shape index (κ1) is 13.5. The zero-order valence-electron chi connectivity index (χ0n) is 11.4. The van der Waals surface area contributed by atoms with Crippen LogP contribution in [0.15, 0.2) is 17.5 Å². The molecule has 4 nitrogen and oxygen atoms in total. The Morgan fingerprint density at radius 1 is 1.26 bits per heavy atom. The third-order valence-electron chi connectivity index (χ3n) is 2.90. The zero-order valence-corrected chi connectivity index (χ0v) is 12.2. The molecule has 0 unspecified atom stereocenters. The average molecular weight is 276 g/mol. The van der Waals surface area contributed by atoms with Crippen molar-refractivity contribution in [3.8, 4) is 5.75 Å². The van der Waals surface area contributed by atoms with Crippen molar-refractivity contribution in [1.29, 1.82) is 0 Å². The SMILES string of the molecule is COc1cc(C)c(C)cc1C(=O)Nc1nc(C)cs1. The summed E-state index contributed by atoms with van der Waals surface area (Å²) in [7, 11) is 1.56.